The number of para-hydroxylation sites is 1. The van der Waals surface area contributed by atoms with Gasteiger partial charge in [-0.15, -0.1) is 0 Å². The lowest BCUT2D eigenvalue weighted by molar-refractivity contribution is -0.118. The molecule has 1 heterocycles. The molecule has 0 radical (unpaired) electrons. The predicted molar refractivity (Wildman–Crippen MR) is 92.8 cm³/mol. The second-order valence-corrected chi connectivity index (χ2v) is 6.40. The molecule has 1 aromatic heterocycles. The number of halogens is 2. The first-order valence-corrected chi connectivity index (χ1v) is 8.38. The molecule has 3 nitrogen and oxygen atoms in total. The smallest absolute Gasteiger partial charge is 0.233 e. The van der Waals surface area contributed by atoms with Gasteiger partial charge in [0.05, 0.1) is 16.6 Å². The molecule has 6 heteroatoms. The lowest BCUT2D eigenvalue weighted by Crippen LogP contribution is -2.32. The zero-order valence-corrected chi connectivity index (χ0v) is 14.0. The second kappa shape index (κ2) is 6.64. The number of carbonyl (C=O) groups excluding carboxylic acids is 1. The fourth-order valence-electron chi connectivity index (χ4n) is 2.34. The highest BCUT2D eigenvalue weighted by atomic mass is 35.5. The molecule has 0 saturated heterocycles. The van der Waals surface area contributed by atoms with Crippen LogP contribution in [0.15, 0.2) is 42.5 Å². The molecule has 0 atom stereocenters. The molecule has 3 rings (SSSR count). The molecular weight excluding hydrogens is 335 g/mol. The van der Waals surface area contributed by atoms with Crippen molar-refractivity contribution in [1.82, 2.24) is 4.98 Å². The first-order valence-electron chi connectivity index (χ1n) is 7.19. The fourth-order valence-corrected chi connectivity index (χ4v) is 3.62. The summed E-state index contributed by atoms with van der Waals surface area (Å²) in [6.07, 6.45) is -0.0880. The van der Waals surface area contributed by atoms with Crippen LogP contribution in [0.25, 0.3) is 10.2 Å². The molecule has 23 heavy (non-hydrogen) atoms. The number of fused-ring (bicyclic) bond motifs is 1. The van der Waals surface area contributed by atoms with Gasteiger partial charge >= 0.3 is 0 Å². The zero-order chi connectivity index (χ0) is 16.4. The quantitative estimate of drug-likeness (QED) is 0.685. The van der Waals surface area contributed by atoms with Gasteiger partial charge in [-0.2, -0.15) is 0 Å². The van der Waals surface area contributed by atoms with E-state index < -0.39 is 5.82 Å². The van der Waals surface area contributed by atoms with Crippen LogP contribution >= 0.6 is 22.9 Å². The van der Waals surface area contributed by atoms with Crippen LogP contribution in [0.2, 0.25) is 5.02 Å². The van der Waals surface area contributed by atoms with Crippen LogP contribution in [0.3, 0.4) is 0 Å². The minimum atomic E-state index is -0.466. The number of likely N-dealkylation sites (N-methyl/N-ethyl adjacent to an activating group) is 1. The number of benzene rings is 2. The van der Waals surface area contributed by atoms with E-state index in [0.29, 0.717) is 11.7 Å². The number of aromatic nitrogens is 1. The summed E-state index contributed by atoms with van der Waals surface area (Å²) < 4.78 is 14.9. The van der Waals surface area contributed by atoms with Crippen LogP contribution < -0.4 is 4.90 Å². The molecular formula is C17H14ClFN2OS. The standard InChI is InChI=1S/C17H14ClFN2OS/c1-2-21(17-20-14-8-3-4-9-15(14)23-17)16(22)10-11-12(18)6-5-7-13(11)19/h3-9H,2,10H2,1H3. The van der Waals surface area contributed by atoms with Crippen LogP contribution in [0, 0.1) is 5.82 Å². The third-order valence-corrected chi connectivity index (χ3v) is 4.93. The summed E-state index contributed by atoms with van der Waals surface area (Å²) in [7, 11) is 0. The monoisotopic (exact) mass is 348 g/mol. The topological polar surface area (TPSA) is 33.2 Å². The van der Waals surface area contributed by atoms with Crippen molar-refractivity contribution in [3.05, 3.63) is 58.9 Å². The molecule has 0 spiro atoms. The van der Waals surface area contributed by atoms with Gasteiger partial charge in [0.25, 0.3) is 0 Å². The van der Waals surface area contributed by atoms with Crippen molar-refractivity contribution in [2.75, 3.05) is 11.4 Å². The van der Waals surface area contributed by atoms with Crippen molar-refractivity contribution in [3.63, 3.8) is 0 Å². The Bertz CT molecular complexity index is 811. The third kappa shape index (κ3) is 3.21. The molecule has 2 aromatic carbocycles. The molecule has 0 aliphatic heterocycles. The Kier molecular flexibility index (Phi) is 4.59. The van der Waals surface area contributed by atoms with E-state index in [0.717, 1.165) is 10.2 Å². The van der Waals surface area contributed by atoms with Crippen molar-refractivity contribution in [1.29, 1.82) is 0 Å². The molecule has 0 fully saturated rings. The Hall–Kier alpha value is -1.98. The van der Waals surface area contributed by atoms with Gasteiger partial charge in [0.2, 0.25) is 5.91 Å². The van der Waals surface area contributed by atoms with Gasteiger partial charge in [-0.1, -0.05) is 41.1 Å². The van der Waals surface area contributed by atoms with E-state index in [1.54, 1.807) is 11.0 Å². The van der Waals surface area contributed by atoms with Gasteiger partial charge in [-0.05, 0) is 31.2 Å². The Balaban J connectivity index is 1.89. The Labute approximate surface area is 142 Å². The summed E-state index contributed by atoms with van der Waals surface area (Å²) in [4.78, 5) is 18.6. The van der Waals surface area contributed by atoms with Crippen LogP contribution in [0.1, 0.15) is 12.5 Å². The minimum Gasteiger partial charge on any atom is -0.288 e. The average Bonchev–Trinajstić information content (AvgIpc) is 2.95. The van der Waals surface area contributed by atoms with Crippen molar-refractivity contribution in [3.8, 4) is 0 Å². The third-order valence-electron chi connectivity index (χ3n) is 3.52. The Morgan fingerprint density at radius 1 is 1.26 bits per heavy atom. The van der Waals surface area contributed by atoms with Crippen molar-refractivity contribution >= 4 is 44.2 Å². The van der Waals surface area contributed by atoms with E-state index in [4.69, 9.17) is 11.6 Å². The van der Waals surface area contributed by atoms with Crippen LogP contribution in [0.5, 0.6) is 0 Å². The number of rotatable bonds is 4. The zero-order valence-electron chi connectivity index (χ0n) is 12.4. The average molecular weight is 349 g/mol. The highest BCUT2D eigenvalue weighted by Gasteiger charge is 2.20. The van der Waals surface area contributed by atoms with Crippen LogP contribution in [-0.4, -0.2) is 17.4 Å². The minimum absolute atomic E-state index is 0.0880. The molecule has 0 saturated carbocycles. The normalized spacial score (nSPS) is 10.9. The predicted octanol–water partition coefficient (Wildman–Crippen LogP) is 4.68. The van der Waals surface area contributed by atoms with Crippen molar-refractivity contribution < 1.29 is 9.18 Å². The lowest BCUT2D eigenvalue weighted by atomic mass is 10.1. The summed E-state index contributed by atoms with van der Waals surface area (Å²) in [5.41, 5.74) is 1.07. The summed E-state index contributed by atoms with van der Waals surface area (Å²) in [6.45, 7) is 2.33. The molecule has 0 N–H and O–H groups in total. The van der Waals surface area contributed by atoms with Crippen molar-refractivity contribution in [2.24, 2.45) is 0 Å². The molecule has 118 valence electrons. The van der Waals surface area contributed by atoms with E-state index in [-0.39, 0.29) is 22.9 Å². The summed E-state index contributed by atoms with van der Waals surface area (Å²) in [5, 5.41) is 0.880. The Morgan fingerprint density at radius 3 is 2.74 bits per heavy atom. The Morgan fingerprint density at radius 2 is 2.04 bits per heavy atom. The maximum Gasteiger partial charge on any atom is 0.233 e. The van der Waals surface area contributed by atoms with E-state index >= 15 is 0 Å². The maximum absolute atomic E-state index is 13.9. The van der Waals surface area contributed by atoms with Crippen molar-refractivity contribution in [2.45, 2.75) is 13.3 Å². The summed E-state index contributed by atoms with van der Waals surface area (Å²) >= 11 is 7.45. The van der Waals surface area contributed by atoms with Gasteiger partial charge in [0.1, 0.15) is 5.82 Å². The van der Waals surface area contributed by atoms with E-state index in [1.165, 1.54) is 23.5 Å². The fraction of sp³-hybridized carbons (Fsp3) is 0.176. The molecule has 3 aromatic rings. The molecule has 0 aliphatic carbocycles. The number of hydrogen-bond donors (Lipinski definition) is 0. The number of thiazole rings is 1. The largest absolute Gasteiger partial charge is 0.288 e. The number of nitrogens with zero attached hydrogens (tertiary/aromatic N) is 2. The number of hydrogen-bond acceptors (Lipinski definition) is 3. The van der Waals surface area contributed by atoms with Gasteiger partial charge in [0, 0.05) is 17.1 Å². The van der Waals surface area contributed by atoms with Crippen LogP contribution in [0.4, 0.5) is 9.52 Å². The van der Waals surface area contributed by atoms with Gasteiger partial charge in [0.15, 0.2) is 5.13 Å². The first-order chi connectivity index (χ1) is 11.1. The van der Waals surface area contributed by atoms with Gasteiger partial charge in [-0.25, -0.2) is 9.37 Å². The first kappa shape index (κ1) is 15.9. The SMILES string of the molecule is CCN(C(=O)Cc1c(F)cccc1Cl)c1nc2ccccc2s1. The molecule has 0 bridgehead atoms. The van der Waals surface area contributed by atoms with E-state index in [1.807, 2.05) is 31.2 Å². The number of carbonyl (C=O) groups is 1. The van der Waals surface area contributed by atoms with E-state index in [2.05, 4.69) is 4.98 Å². The van der Waals surface area contributed by atoms with Gasteiger partial charge < -0.3 is 0 Å². The number of amides is 1. The lowest BCUT2D eigenvalue weighted by Gasteiger charge is -2.18. The van der Waals surface area contributed by atoms with Gasteiger partial charge in [-0.3, -0.25) is 9.69 Å². The second-order valence-electron chi connectivity index (χ2n) is 4.98. The highest BCUT2D eigenvalue weighted by Crippen LogP contribution is 2.29. The highest BCUT2D eigenvalue weighted by molar-refractivity contribution is 7.22. The van der Waals surface area contributed by atoms with E-state index in [9.17, 15) is 9.18 Å². The molecule has 1 amide bonds. The number of anilines is 1. The summed E-state index contributed by atoms with van der Waals surface area (Å²) in [6, 6.07) is 12.1. The molecule has 0 aliphatic rings. The summed E-state index contributed by atoms with van der Waals surface area (Å²) in [5.74, 6) is -0.690. The molecule has 0 unspecified atom stereocenters. The maximum atomic E-state index is 13.9. The van der Waals surface area contributed by atoms with Crippen LogP contribution in [-0.2, 0) is 11.2 Å².